The van der Waals surface area contributed by atoms with Gasteiger partial charge in [0, 0.05) is 17.7 Å². The summed E-state index contributed by atoms with van der Waals surface area (Å²) in [6, 6.07) is 7.59. The van der Waals surface area contributed by atoms with E-state index in [0.717, 1.165) is 17.0 Å². The molecule has 11 heavy (non-hydrogen) atoms. The van der Waals surface area contributed by atoms with Crippen LogP contribution in [0.1, 0.15) is 5.56 Å². The predicted octanol–water partition coefficient (Wildman–Crippen LogP) is 1.83. The molecule has 1 rings (SSSR count). The highest BCUT2D eigenvalue weighted by Gasteiger charge is 1.88. The van der Waals surface area contributed by atoms with Crippen molar-refractivity contribution in [2.45, 2.75) is 6.42 Å². The predicted molar refractivity (Wildman–Crippen MR) is 47.8 cm³/mol. The van der Waals surface area contributed by atoms with Gasteiger partial charge in [-0.25, -0.2) is 0 Å². The number of nitrogens with zero attached hydrogens (tertiary/aromatic N) is 1. The minimum Gasteiger partial charge on any atom is -0.324 e. The molecular weight excluding hydrogens is 160 g/mol. The van der Waals surface area contributed by atoms with Gasteiger partial charge in [-0.3, -0.25) is 0 Å². The average Bonchev–Trinajstić information content (AvgIpc) is 2.04. The van der Waals surface area contributed by atoms with Crippen LogP contribution in [0.5, 0.6) is 0 Å². The summed E-state index contributed by atoms with van der Waals surface area (Å²) in [6.07, 6.45) is 2.41. The molecule has 0 heterocycles. The van der Waals surface area contributed by atoms with Gasteiger partial charge in [0.15, 0.2) is 0 Å². The number of nitrogens with two attached hydrogens (primary N) is 1. The van der Waals surface area contributed by atoms with Crippen molar-refractivity contribution in [3.8, 4) is 0 Å². The highest BCUT2D eigenvalue weighted by molar-refractivity contribution is 6.30. The van der Waals surface area contributed by atoms with Crippen molar-refractivity contribution in [2.24, 2.45) is 10.9 Å². The number of hydrogen-bond acceptors (Lipinski definition) is 2. The molecule has 0 atom stereocenters. The quantitative estimate of drug-likeness (QED) is 0.409. The van der Waals surface area contributed by atoms with Crippen molar-refractivity contribution >= 4 is 17.8 Å². The fraction of sp³-hybridized carbons (Fsp3) is 0.125. The van der Waals surface area contributed by atoms with Crippen molar-refractivity contribution in [1.82, 2.24) is 0 Å². The number of benzene rings is 1. The Morgan fingerprint density at radius 2 is 2.00 bits per heavy atom. The van der Waals surface area contributed by atoms with Gasteiger partial charge in [0.25, 0.3) is 0 Å². The van der Waals surface area contributed by atoms with Gasteiger partial charge in [-0.2, -0.15) is 5.10 Å². The molecule has 0 aliphatic rings. The highest BCUT2D eigenvalue weighted by Crippen LogP contribution is 2.08. The molecule has 1 aromatic carbocycles. The number of hydrogen-bond donors (Lipinski definition) is 1. The Labute approximate surface area is 70.7 Å². The third-order valence-electron chi connectivity index (χ3n) is 1.35. The zero-order valence-electron chi connectivity index (χ0n) is 6.00. The van der Waals surface area contributed by atoms with Crippen LogP contribution in [0.4, 0.5) is 0 Å². The Bertz CT molecular complexity index is 241. The first-order valence-electron chi connectivity index (χ1n) is 3.29. The zero-order chi connectivity index (χ0) is 8.10. The van der Waals surface area contributed by atoms with Crippen molar-refractivity contribution in [1.29, 1.82) is 0 Å². The Morgan fingerprint density at radius 1 is 1.36 bits per heavy atom. The second-order valence-corrected chi connectivity index (χ2v) is 2.60. The summed E-state index contributed by atoms with van der Waals surface area (Å²) in [4.78, 5) is 0. The Balaban J connectivity index is 2.66. The summed E-state index contributed by atoms with van der Waals surface area (Å²) >= 11 is 5.69. The molecule has 0 unspecified atom stereocenters. The van der Waals surface area contributed by atoms with Crippen LogP contribution in [0.2, 0.25) is 5.02 Å². The Hall–Kier alpha value is -1.02. The monoisotopic (exact) mass is 168 g/mol. The Morgan fingerprint density at radius 3 is 2.55 bits per heavy atom. The van der Waals surface area contributed by atoms with Gasteiger partial charge in [-0.1, -0.05) is 23.7 Å². The van der Waals surface area contributed by atoms with Crippen molar-refractivity contribution < 1.29 is 0 Å². The molecule has 1 aromatic rings. The summed E-state index contributed by atoms with van der Waals surface area (Å²) in [5, 5.41) is 4.14. The molecule has 0 saturated heterocycles. The fourth-order valence-electron chi connectivity index (χ4n) is 0.779. The molecule has 0 aliphatic carbocycles. The summed E-state index contributed by atoms with van der Waals surface area (Å²) in [7, 11) is 0. The molecule has 0 aliphatic heterocycles. The van der Waals surface area contributed by atoms with Gasteiger partial charge in [0.05, 0.1) is 0 Å². The van der Waals surface area contributed by atoms with Gasteiger partial charge < -0.3 is 5.84 Å². The highest BCUT2D eigenvalue weighted by atomic mass is 35.5. The van der Waals surface area contributed by atoms with E-state index < -0.39 is 0 Å². The van der Waals surface area contributed by atoms with Crippen LogP contribution in [0, 0.1) is 0 Å². The van der Waals surface area contributed by atoms with E-state index >= 15 is 0 Å². The normalized spacial score (nSPS) is 10.6. The van der Waals surface area contributed by atoms with Crippen LogP contribution >= 0.6 is 11.6 Å². The van der Waals surface area contributed by atoms with Crippen molar-refractivity contribution in [3.63, 3.8) is 0 Å². The molecule has 0 spiro atoms. The molecule has 0 fully saturated rings. The van der Waals surface area contributed by atoms with Crippen LogP contribution < -0.4 is 5.84 Å². The molecule has 0 bridgehead atoms. The minimum absolute atomic E-state index is 0.749. The van der Waals surface area contributed by atoms with Gasteiger partial charge in [0.1, 0.15) is 0 Å². The summed E-state index contributed by atoms with van der Waals surface area (Å²) in [5.74, 6) is 4.95. The summed E-state index contributed by atoms with van der Waals surface area (Å²) < 4.78 is 0. The van der Waals surface area contributed by atoms with Crippen LogP contribution in [-0.4, -0.2) is 6.21 Å². The van der Waals surface area contributed by atoms with E-state index in [0.29, 0.717) is 0 Å². The maximum absolute atomic E-state index is 5.69. The second kappa shape index (κ2) is 3.98. The smallest absolute Gasteiger partial charge is 0.0406 e. The van der Waals surface area contributed by atoms with Crippen molar-refractivity contribution in [3.05, 3.63) is 34.9 Å². The maximum Gasteiger partial charge on any atom is 0.0406 e. The molecule has 0 saturated carbocycles. The molecule has 58 valence electrons. The Kier molecular flexibility index (Phi) is 2.93. The van der Waals surface area contributed by atoms with Crippen LogP contribution in [0.3, 0.4) is 0 Å². The summed E-state index contributed by atoms with van der Waals surface area (Å²) in [6.45, 7) is 0. The average molecular weight is 169 g/mol. The van der Waals surface area contributed by atoms with Gasteiger partial charge in [-0.05, 0) is 17.7 Å². The lowest BCUT2D eigenvalue weighted by Crippen LogP contribution is -1.88. The number of rotatable bonds is 2. The molecule has 2 N–H and O–H groups in total. The van der Waals surface area contributed by atoms with Gasteiger partial charge in [0.2, 0.25) is 0 Å². The van der Waals surface area contributed by atoms with E-state index in [1.54, 1.807) is 6.21 Å². The fourth-order valence-corrected chi connectivity index (χ4v) is 0.905. The second-order valence-electron chi connectivity index (χ2n) is 2.16. The van der Waals surface area contributed by atoms with E-state index in [1.165, 1.54) is 0 Å². The van der Waals surface area contributed by atoms with Gasteiger partial charge in [-0.15, -0.1) is 0 Å². The van der Waals surface area contributed by atoms with E-state index in [9.17, 15) is 0 Å². The molecular formula is C8H9ClN2. The molecule has 0 amide bonds. The lowest BCUT2D eigenvalue weighted by Gasteiger charge is -1.94. The summed E-state index contributed by atoms with van der Waals surface area (Å²) in [5.41, 5.74) is 1.16. The first-order chi connectivity index (χ1) is 5.33. The first-order valence-corrected chi connectivity index (χ1v) is 3.67. The van der Waals surface area contributed by atoms with Gasteiger partial charge >= 0.3 is 0 Å². The lowest BCUT2D eigenvalue weighted by atomic mass is 10.2. The number of halogens is 1. The molecule has 3 heteroatoms. The number of hydrazone groups is 1. The van der Waals surface area contributed by atoms with E-state index in [1.807, 2.05) is 24.3 Å². The molecule has 2 nitrogen and oxygen atoms in total. The first kappa shape index (κ1) is 8.08. The largest absolute Gasteiger partial charge is 0.324 e. The zero-order valence-corrected chi connectivity index (χ0v) is 6.75. The van der Waals surface area contributed by atoms with Crippen LogP contribution in [0.15, 0.2) is 29.4 Å². The topological polar surface area (TPSA) is 38.4 Å². The van der Waals surface area contributed by atoms with E-state index in [4.69, 9.17) is 17.4 Å². The van der Waals surface area contributed by atoms with Crippen molar-refractivity contribution in [2.75, 3.05) is 0 Å². The minimum atomic E-state index is 0.749. The SMILES string of the molecule is N/N=C/Cc1ccc(Cl)cc1. The van der Waals surface area contributed by atoms with Crippen LogP contribution in [0.25, 0.3) is 0 Å². The van der Waals surface area contributed by atoms with E-state index in [-0.39, 0.29) is 0 Å². The van der Waals surface area contributed by atoms with Crippen LogP contribution in [-0.2, 0) is 6.42 Å². The third-order valence-corrected chi connectivity index (χ3v) is 1.60. The third kappa shape index (κ3) is 2.60. The molecule has 0 radical (unpaired) electrons. The lowest BCUT2D eigenvalue weighted by molar-refractivity contribution is 1.23. The molecule has 0 aromatic heterocycles. The van der Waals surface area contributed by atoms with E-state index in [2.05, 4.69) is 5.10 Å². The standard InChI is InChI=1S/C8H9ClN2/c9-8-3-1-7(2-4-8)5-6-11-10/h1-4,6H,5,10H2/b11-6+. The maximum atomic E-state index is 5.69.